The Morgan fingerprint density at radius 2 is 1.80 bits per heavy atom. The summed E-state index contributed by atoms with van der Waals surface area (Å²) in [4.78, 5) is 21.7. The van der Waals surface area contributed by atoms with Crippen molar-refractivity contribution in [3.63, 3.8) is 0 Å². The highest BCUT2D eigenvalue weighted by molar-refractivity contribution is 5.91. The van der Waals surface area contributed by atoms with E-state index in [1.165, 1.54) is 37.7 Å². The first kappa shape index (κ1) is 23.5. The second-order valence-electron chi connectivity index (χ2n) is 10.8. The number of aliphatic hydroxyl groups is 1. The van der Waals surface area contributed by atoms with Gasteiger partial charge in [-0.25, -0.2) is 0 Å². The van der Waals surface area contributed by atoms with Crippen molar-refractivity contribution >= 4 is 11.8 Å². The molecule has 0 unspecified atom stereocenters. The molecule has 30 heavy (non-hydrogen) atoms. The van der Waals surface area contributed by atoms with Gasteiger partial charge in [-0.3, -0.25) is 9.59 Å². The molecule has 6 atom stereocenters. The third kappa shape index (κ3) is 4.54. The molecule has 4 heteroatoms. The predicted molar refractivity (Wildman–Crippen MR) is 119 cm³/mol. The Kier molecular flexibility index (Phi) is 7.48. The van der Waals surface area contributed by atoms with Crippen LogP contribution in [0, 0.1) is 28.6 Å². The van der Waals surface area contributed by atoms with Crippen LogP contribution in [0.25, 0.3) is 0 Å². The standard InChI is InChI=1S/C19H28O2.C7H14O2/c1-18-9-7-13(20)11-12(18)3-4-14-15-5-6-17(21)19(15,2)10-8-16(14)18;1-2-3-4-5-6-7(8)9/h11,14-17,21H,3-10H2,1-2H3;2-6H2,1H3,(H,8,9)/t14-,15-,16-,17-,18-,19-;/m0./s1. The van der Waals surface area contributed by atoms with Gasteiger partial charge >= 0.3 is 5.97 Å². The van der Waals surface area contributed by atoms with Crippen LogP contribution in [0.2, 0.25) is 0 Å². The monoisotopic (exact) mass is 418 g/mol. The van der Waals surface area contributed by atoms with Gasteiger partial charge in [0.1, 0.15) is 0 Å². The van der Waals surface area contributed by atoms with Crippen LogP contribution in [0.3, 0.4) is 0 Å². The van der Waals surface area contributed by atoms with Gasteiger partial charge < -0.3 is 10.2 Å². The first-order valence-corrected chi connectivity index (χ1v) is 12.4. The van der Waals surface area contributed by atoms with Crippen molar-refractivity contribution in [1.29, 1.82) is 0 Å². The molecule has 3 fully saturated rings. The SMILES string of the molecule is CCCCCCC(=O)O.C[C@]12CC[C@H]3[C@@H](CCC4=CC(=O)CC[C@@]43C)[C@@H]1CC[C@@H]2O. The van der Waals surface area contributed by atoms with Gasteiger partial charge in [0, 0.05) is 12.8 Å². The zero-order valence-electron chi connectivity index (χ0n) is 19.3. The average Bonchev–Trinajstić information content (AvgIpc) is 3.01. The maximum atomic E-state index is 11.8. The smallest absolute Gasteiger partial charge is 0.303 e. The van der Waals surface area contributed by atoms with Crippen LogP contribution in [0.4, 0.5) is 0 Å². The molecule has 4 aliphatic rings. The number of hydrogen-bond donors (Lipinski definition) is 2. The van der Waals surface area contributed by atoms with Gasteiger partial charge in [0.25, 0.3) is 0 Å². The highest BCUT2D eigenvalue weighted by Crippen LogP contribution is 2.65. The summed E-state index contributed by atoms with van der Waals surface area (Å²) in [6.07, 6.45) is 15.3. The summed E-state index contributed by atoms with van der Waals surface area (Å²) in [7, 11) is 0. The van der Waals surface area contributed by atoms with Gasteiger partial charge in [-0.1, -0.05) is 45.6 Å². The van der Waals surface area contributed by atoms with Crippen molar-refractivity contribution in [3.8, 4) is 0 Å². The summed E-state index contributed by atoms with van der Waals surface area (Å²) < 4.78 is 0. The van der Waals surface area contributed by atoms with E-state index in [0.29, 0.717) is 18.1 Å². The van der Waals surface area contributed by atoms with E-state index in [9.17, 15) is 14.7 Å². The number of unbranched alkanes of at least 4 members (excludes halogenated alkanes) is 3. The maximum Gasteiger partial charge on any atom is 0.303 e. The molecular weight excluding hydrogens is 376 g/mol. The first-order valence-electron chi connectivity index (χ1n) is 12.4. The Morgan fingerprint density at radius 1 is 1.03 bits per heavy atom. The Labute approximate surface area is 182 Å². The van der Waals surface area contributed by atoms with E-state index in [1.54, 1.807) is 0 Å². The van der Waals surface area contributed by atoms with E-state index < -0.39 is 5.97 Å². The fourth-order valence-corrected chi connectivity index (χ4v) is 7.23. The normalized spacial score (nSPS) is 39.7. The van der Waals surface area contributed by atoms with E-state index in [1.807, 2.05) is 6.08 Å². The van der Waals surface area contributed by atoms with Crippen LogP contribution in [0.1, 0.15) is 104 Å². The van der Waals surface area contributed by atoms with Crippen molar-refractivity contribution in [2.75, 3.05) is 0 Å². The minimum absolute atomic E-state index is 0.0823. The number of aliphatic hydroxyl groups excluding tert-OH is 1. The summed E-state index contributed by atoms with van der Waals surface area (Å²) in [6.45, 7) is 6.88. The molecule has 0 aromatic rings. The second-order valence-corrected chi connectivity index (χ2v) is 10.8. The molecule has 4 nitrogen and oxygen atoms in total. The Hall–Kier alpha value is -1.16. The van der Waals surface area contributed by atoms with E-state index >= 15 is 0 Å². The van der Waals surface area contributed by atoms with E-state index in [-0.39, 0.29) is 16.9 Å². The number of ketones is 1. The highest BCUT2D eigenvalue weighted by atomic mass is 16.4. The van der Waals surface area contributed by atoms with Crippen LogP contribution in [0.5, 0.6) is 0 Å². The minimum Gasteiger partial charge on any atom is -0.481 e. The lowest BCUT2D eigenvalue weighted by Crippen LogP contribution is -2.51. The number of carbonyl (C=O) groups excluding carboxylic acids is 1. The van der Waals surface area contributed by atoms with Crippen molar-refractivity contribution in [1.82, 2.24) is 0 Å². The number of fused-ring (bicyclic) bond motifs is 5. The quantitative estimate of drug-likeness (QED) is 0.543. The Balaban J connectivity index is 0.000000244. The van der Waals surface area contributed by atoms with E-state index in [2.05, 4.69) is 20.8 Å². The Morgan fingerprint density at radius 3 is 2.50 bits per heavy atom. The number of carbonyl (C=O) groups is 2. The molecule has 0 saturated heterocycles. The number of allylic oxidation sites excluding steroid dienone is 1. The molecule has 0 heterocycles. The molecule has 0 aromatic heterocycles. The maximum absolute atomic E-state index is 11.8. The second kappa shape index (κ2) is 9.54. The number of hydrogen-bond acceptors (Lipinski definition) is 3. The summed E-state index contributed by atoms with van der Waals surface area (Å²) in [5.41, 5.74) is 1.89. The van der Waals surface area contributed by atoms with Crippen LogP contribution in [-0.4, -0.2) is 28.1 Å². The van der Waals surface area contributed by atoms with Gasteiger partial charge in [0.15, 0.2) is 5.78 Å². The lowest BCUT2D eigenvalue weighted by molar-refractivity contribution is -0.137. The summed E-state index contributed by atoms with van der Waals surface area (Å²) in [5.74, 6) is 1.90. The fourth-order valence-electron chi connectivity index (χ4n) is 7.23. The number of carboxylic acid groups (broad SMARTS) is 1. The van der Waals surface area contributed by atoms with Crippen molar-refractivity contribution < 1.29 is 19.8 Å². The van der Waals surface area contributed by atoms with Gasteiger partial charge in [-0.05, 0) is 86.0 Å². The van der Waals surface area contributed by atoms with E-state index in [4.69, 9.17) is 5.11 Å². The lowest BCUT2D eigenvalue weighted by atomic mass is 9.47. The largest absolute Gasteiger partial charge is 0.481 e. The molecule has 0 amide bonds. The van der Waals surface area contributed by atoms with Crippen LogP contribution in [0.15, 0.2) is 11.6 Å². The Bertz CT molecular complexity index is 668. The molecule has 0 spiro atoms. The van der Waals surface area contributed by atoms with Crippen LogP contribution >= 0.6 is 0 Å². The topological polar surface area (TPSA) is 74.6 Å². The lowest BCUT2D eigenvalue weighted by Gasteiger charge is -2.57. The van der Waals surface area contributed by atoms with Crippen LogP contribution < -0.4 is 0 Å². The van der Waals surface area contributed by atoms with Crippen molar-refractivity contribution in [2.24, 2.45) is 28.6 Å². The summed E-state index contributed by atoms with van der Waals surface area (Å²) in [5, 5.41) is 18.7. The van der Waals surface area contributed by atoms with E-state index in [0.717, 1.165) is 56.8 Å². The van der Waals surface area contributed by atoms with Gasteiger partial charge in [-0.15, -0.1) is 0 Å². The fraction of sp³-hybridized carbons (Fsp3) is 0.846. The molecule has 0 aliphatic heterocycles. The van der Waals surface area contributed by atoms with Gasteiger partial charge in [0.2, 0.25) is 0 Å². The first-order chi connectivity index (χ1) is 14.2. The summed E-state index contributed by atoms with van der Waals surface area (Å²) >= 11 is 0. The van der Waals surface area contributed by atoms with Crippen molar-refractivity contribution in [2.45, 2.75) is 110 Å². The zero-order valence-corrected chi connectivity index (χ0v) is 19.3. The summed E-state index contributed by atoms with van der Waals surface area (Å²) in [6, 6.07) is 0. The van der Waals surface area contributed by atoms with Gasteiger partial charge in [-0.2, -0.15) is 0 Å². The molecule has 0 bridgehead atoms. The number of aliphatic carboxylic acids is 1. The number of rotatable bonds is 5. The molecule has 0 radical (unpaired) electrons. The predicted octanol–water partition coefficient (Wildman–Crippen LogP) is 5.92. The molecule has 2 N–H and O–H groups in total. The highest BCUT2D eigenvalue weighted by Gasteiger charge is 2.58. The third-order valence-corrected chi connectivity index (χ3v) is 9.16. The van der Waals surface area contributed by atoms with Crippen molar-refractivity contribution in [3.05, 3.63) is 11.6 Å². The molecular formula is C26H42O4. The third-order valence-electron chi connectivity index (χ3n) is 9.16. The molecule has 4 aliphatic carbocycles. The average molecular weight is 419 g/mol. The zero-order chi connectivity index (χ0) is 21.9. The van der Waals surface area contributed by atoms with Crippen LogP contribution in [-0.2, 0) is 9.59 Å². The minimum atomic E-state index is -0.675. The van der Waals surface area contributed by atoms with Gasteiger partial charge in [0.05, 0.1) is 6.10 Å². The number of carboxylic acids is 1. The molecule has 4 rings (SSSR count). The molecule has 3 saturated carbocycles. The molecule has 0 aromatic carbocycles. The molecule has 170 valence electrons.